The van der Waals surface area contributed by atoms with Gasteiger partial charge in [0.25, 0.3) is 19.3 Å². The fourth-order valence-electron chi connectivity index (χ4n) is 6.33. The van der Waals surface area contributed by atoms with E-state index < -0.39 is 130 Å². The highest BCUT2D eigenvalue weighted by Crippen LogP contribution is 2.35. The van der Waals surface area contributed by atoms with Gasteiger partial charge in [0, 0.05) is 15.8 Å². The second-order valence-electron chi connectivity index (χ2n) is 22.1. The molecule has 0 saturated heterocycles. The molecule has 25 nitrogen and oxygen atoms in total. The van der Waals surface area contributed by atoms with Gasteiger partial charge < -0.3 is 70.0 Å². The van der Waals surface area contributed by atoms with E-state index in [1.807, 2.05) is 0 Å². The van der Waals surface area contributed by atoms with Crippen LogP contribution in [-0.2, 0) is 33.3 Å². The van der Waals surface area contributed by atoms with Crippen molar-refractivity contribution in [1.29, 1.82) is 0 Å². The average Bonchev–Trinajstić information content (AvgIpc) is 0.814. The first kappa shape index (κ1) is 75.6. The van der Waals surface area contributed by atoms with Crippen LogP contribution in [0, 0.1) is 17.5 Å². The molecular formula is C55H65BrF9N9O16. The molecule has 6 aromatic rings. The average molecular weight is 1360 g/mol. The Morgan fingerprint density at radius 3 is 1.07 bits per heavy atom. The lowest BCUT2D eigenvalue weighted by Gasteiger charge is -2.23. The fraction of sp³-hybridized carbons (Fsp3) is 0.473. The number of rotatable bonds is 21. The molecule has 0 aliphatic carbocycles. The molecule has 0 spiro atoms. The summed E-state index contributed by atoms with van der Waals surface area (Å²) in [6.07, 6.45) is -11.0. The molecule has 0 aliphatic heterocycles. The second-order valence-corrected chi connectivity index (χ2v) is 23.0. The predicted molar refractivity (Wildman–Crippen MR) is 306 cm³/mol. The van der Waals surface area contributed by atoms with Gasteiger partial charge >= 0.3 is 30.2 Å². The van der Waals surface area contributed by atoms with Crippen molar-refractivity contribution < 1.29 is 117 Å². The fourth-order valence-corrected chi connectivity index (χ4v) is 6.76. The van der Waals surface area contributed by atoms with Crippen molar-refractivity contribution >= 4 is 90.2 Å². The van der Waals surface area contributed by atoms with E-state index >= 15 is 0 Å². The number of nitrogens with two attached hydrogens (primary N) is 1. The van der Waals surface area contributed by atoms with Crippen LogP contribution in [0.3, 0.4) is 0 Å². The number of aliphatic carboxylic acids is 3. The zero-order valence-corrected chi connectivity index (χ0v) is 51.8. The Morgan fingerprint density at radius 2 is 0.789 bits per heavy atom. The second kappa shape index (κ2) is 31.7. The minimum atomic E-state index is -3.09. The van der Waals surface area contributed by atoms with Crippen molar-refractivity contribution in [2.24, 2.45) is 5.73 Å². The van der Waals surface area contributed by atoms with Gasteiger partial charge in [-0.25, -0.2) is 73.6 Å². The van der Waals surface area contributed by atoms with E-state index in [2.05, 4.69) is 56.5 Å². The third-order valence-electron chi connectivity index (χ3n) is 10.5. The minimum absolute atomic E-state index is 0.0264. The van der Waals surface area contributed by atoms with Crippen LogP contribution >= 0.6 is 15.9 Å². The summed E-state index contributed by atoms with van der Waals surface area (Å²) in [5.74, 6) is -9.74. The van der Waals surface area contributed by atoms with Gasteiger partial charge in [-0.3, -0.25) is 4.79 Å². The van der Waals surface area contributed by atoms with Crippen LogP contribution in [0.2, 0.25) is 0 Å². The smallest absolute Gasteiger partial charge is 0.480 e. The summed E-state index contributed by atoms with van der Waals surface area (Å²) in [6, 6.07) is 7.00. The van der Waals surface area contributed by atoms with Crippen LogP contribution < -0.4 is 30.6 Å². The molecule has 0 aliphatic rings. The van der Waals surface area contributed by atoms with E-state index in [-0.39, 0.29) is 83.7 Å². The molecule has 0 unspecified atom stereocenters. The number of carbonyl (C=O) groups is 5. The Labute approximate surface area is 515 Å². The number of carboxylic acids is 3. The Morgan fingerprint density at radius 1 is 0.489 bits per heavy atom. The zero-order valence-electron chi connectivity index (χ0n) is 50.2. The summed E-state index contributed by atoms with van der Waals surface area (Å²) >= 11 is 3.11. The number of anilines is 2. The molecule has 3 aromatic heterocycles. The predicted octanol–water partition coefficient (Wildman–Crippen LogP) is 11.3. The van der Waals surface area contributed by atoms with Gasteiger partial charge in [-0.1, -0.05) is 15.9 Å². The number of alkyl halides is 6. The number of fused-ring (bicyclic) bond motifs is 3. The van der Waals surface area contributed by atoms with Crippen LogP contribution in [0.5, 0.6) is 17.6 Å². The molecule has 8 N–H and O–H groups in total. The normalized spacial score (nSPS) is 11.8. The lowest BCUT2D eigenvalue weighted by atomic mass is 10.1. The molecule has 0 saturated carbocycles. The molecule has 0 radical (unpaired) electrons. The number of aliphatic hydroxyl groups excluding tert-OH is 1. The maximum absolute atomic E-state index is 14.6. The lowest BCUT2D eigenvalue weighted by Crippen LogP contribution is -2.41. The number of hydrogen-bond acceptors (Lipinski definition) is 22. The zero-order chi connectivity index (χ0) is 68.6. The number of carbonyl (C=O) groups excluding carboxylic acids is 2. The number of halogens is 10. The van der Waals surface area contributed by atoms with Gasteiger partial charge in [-0.15, -0.1) is 0 Å². The summed E-state index contributed by atoms with van der Waals surface area (Å²) in [4.78, 5) is 76.8. The maximum atomic E-state index is 14.6. The molecule has 3 heterocycles. The van der Waals surface area contributed by atoms with Gasteiger partial charge in [-0.05, 0) is 119 Å². The molecule has 0 amide bonds. The first-order valence-electron chi connectivity index (χ1n) is 26.2. The van der Waals surface area contributed by atoms with Crippen LogP contribution in [0.15, 0.2) is 40.9 Å². The quantitative estimate of drug-likeness (QED) is 0.0200. The number of hydrogen-bond donors (Lipinski definition) is 7. The Bertz CT molecular complexity index is 3520. The van der Waals surface area contributed by atoms with Crippen molar-refractivity contribution in [3.63, 3.8) is 0 Å². The summed E-state index contributed by atoms with van der Waals surface area (Å²) < 4.78 is 157. The van der Waals surface area contributed by atoms with Gasteiger partial charge in [0.05, 0.1) is 22.8 Å². The van der Waals surface area contributed by atoms with Crippen molar-refractivity contribution in [2.45, 2.75) is 130 Å². The molecule has 0 fully saturated rings. The van der Waals surface area contributed by atoms with Gasteiger partial charge in [-0.2, -0.15) is 15.0 Å². The highest BCUT2D eigenvalue weighted by Gasteiger charge is 2.30. The Hall–Kier alpha value is -8.60. The van der Waals surface area contributed by atoms with Crippen LogP contribution in [0.1, 0.15) is 120 Å². The van der Waals surface area contributed by atoms with Crippen LogP contribution in [-0.4, -0.2) is 148 Å². The van der Waals surface area contributed by atoms with E-state index in [4.69, 9.17) is 54.2 Å². The van der Waals surface area contributed by atoms with Crippen LogP contribution in [0.25, 0.3) is 32.7 Å². The molecule has 3 aromatic carbocycles. The Kier molecular flexibility index (Phi) is 26.7. The highest BCUT2D eigenvalue weighted by atomic mass is 79.9. The molecule has 0 bridgehead atoms. The lowest BCUT2D eigenvalue weighted by molar-refractivity contribution is -0.142. The number of ether oxygens (including phenoxy) is 7. The van der Waals surface area contributed by atoms with Crippen molar-refractivity contribution in [3.05, 3.63) is 75.8 Å². The highest BCUT2D eigenvalue weighted by molar-refractivity contribution is 9.10. The third-order valence-corrected chi connectivity index (χ3v) is 10.9. The molecule has 6 rings (SSSR count). The third kappa shape index (κ3) is 23.7. The van der Waals surface area contributed by atoms with Crippen LogP contribution in [0.4, 0.5) is 60.5 Å². The molecular weight excluding hydrogens is 1290 g/mol. The number of carboxylic acid groups (broad SMARTS) is 3. The summed E-state index contributed by atoms with van der Waals surface area (Å²) in [6.45, 7) is 16.7. The van der Waals surface area contributed by atoms with Gasteiger partial charge in [0.15, 0.2) is 34.9 Å². The SMILES string of the molecule is CC(C)(C)OC(=O)OCCOc1nc(C(F)F)nc2c(F)cc(Br)cc12.CC(C)(C)OC(=O)OCCOc1nc(C(F)F)nc2c(F)cc(NC(C)(C)C(=O)O)cc12.CC(C)(N)C(=O)O.CC(C)(Nc1cc(F)c2nc(C(F)F)nc(OCCO)c2c1)C(=O)O. The van der Waals surface area contributed by atoms with E-state index in [1.165, 1.54) is 59.7 Å². The molecule has 496 valence electrons. The number of benzene rings is 3. The van der Waals surface area contributed by atoms with E-state index in [9.17, 15) is 68.6 Å². The first-order chi connectivity index (χ1) is 41.4. The topological polar surface area (TPSA) is 358 Å². The summed E-state index contributed by atoms with van der Waals surface area (Å²) in [7, 11) is 0. The summed E-state index contributed by atoms with van der Waals surface area (Å²) in [5, 5.41) is 40.6. The number of nitrogens with one attached hydrogen (secondary N) is 2. The van der Waals surface area contributed by atoms with Crippen molar-refractivity contribution in [1.82, 2.24) is 29.9 Å². The molecule has 90 heavy (non-hydrogen) atoms. The Balaban J connectivity index is 0.000000337. The summed E-state index contributed by atoms with van der Waals surface area (Å²) in [5.41, 5.74) is -1.33. The largest absolute Gasteiger partial charge is 0.508 e. The van der Waals surface area contributed by atoms with E-state index in [1.54, 1.807) is 41.5 Å². The number of aromatic nitrogens is 6. The van der Waals surface area contributed by atoms with E-state index in [0.717, 1.165) is 18.2 Å². The molecule has 0 atom stereocenters. The standard InChI is InChI=1S/C20H24F3N3O6.C16H16BrF3N2O4.C15H16F3N3O4.C4H9NO2/c1-19(2,3)32-18(29)31-7-6-30-16-11-8-10(26-20(4,5)17(27)28)9-12(21)13(11)24-15(25-16)14(22)23;1-16(2,3)26-15(23)25-5-4-24-14-9-6-8(17)7-10(18)11(9)21-13(22-14)12(19)20;1-15(2,14(23)24)21-7-5-8-10(9(16)6-7)19-12(11(17)18)20-13(8)25-4-3-22;1-4(2,5)3(6)7/h8-9,14,26H,6-7H2,1-5H3,(H,27,28);6-7,12H,4-5H2,1-3H3;5-6,11,21-22H,3-4H2,1-2H3,(H,23,24);5H2,1-2H3,(H,6,7). The van der Waals surface area contributed by atoms with Crippen molar-refractivity contribution in [3.8, 4) is 17.6 Å². The van der Waals surface area contributed by atoms with E-state index in [0.29, 0.717) is 4.47 Å². The maximum Gasteiger partial charge on any atom is 0.508 e. The monoisotopic (exact) mass is 1360 g/mol. The number of nitrogens with zero attached hydrogens (tertiary/aromatic N) is 6. The number of aliphatic hydroxyl groups is 1. The van der Waals surface area contributed by atoms with Crippen molar-refractivity contribution in [2.75, 3.05) is 50.3 Å². The molecule has 35 heteroatoms. The van der Waals surface area contributed by atoms with Gasteiger partial charge in [0.1, 0.15) is 77.4 Å². The minimum Gasteiger partial charge on any atom is -0.480 e. The first-order valence-corrected chi connectivity index (χ1v) is 26.9. The van der Waals surface area contributed by atoms with Gasteiger partial charge in [0.2, 0.25) is 17.6 Å².